The number of hydrogen-bond donors (Lipinski definition) is 6. The maximum absolute atomic E-state index is 6.30. The summed E-state index contributed by atoms with van der Waals surface area (Å²) in [5, 5.41) is 14.1. The van der Waals surface area contributed by atoms with Crippen molar-refractivity contribution >= 4 is 0 Å². The normalized spacial score (nSPS) is 14.5. The standard InChI is InChI=1S/C27H52N6O/c28-10-4-12-30-14-6-16-32-21-25-18-26(22-33-17-7-15-31-13-5-11-29)20-27(19-25)34-23-24-8-2-1-3-9-24/h18-20,24,30-33H,1-17,21-23,28-29H2. The predicted octanol–water partition coefficient (Wildman–Crippen LogP) is 2.48. The third kappa shape index (κ3) is 14.2. The van der Waals surface area contributed by atoms with Crippen LogP contribution < -0.4 is 37.5 Å². The molecule has 0 unspecified atom stereocenters. The molecule has 7 heteroatoms. The van der Waals surface area contributed by atoms with Crippen LogP contribution in [0.4, 0.5) is 0 Å². The van der Waals surface area contributed by atoms with Crippen LogP contribution >= 0.6 is 0 Å². The minimum Gasteiger partial charge on any atom is -0.493 e. The summed E-state index contributed by atoms with van der Waals surface area (Å²) in [6.45, 7) is 10.2. The number of nitrogens with one attached hydrogen (secondary N) is 4. The Balaban J connectivity index is 1.76. The summed E-state index contributed by atoms with van der Waals surface area (Å²) in [5.41, 5.74) is 13.7. The molecule has 1 aromatic rings. The first-order valence-electron chi connectivity index (χ1n) is 13.8. The van der Waals surface area contributed by atoms with Crippen LogP contribution in [0.2, 0.25) is 0 Å². The minimum atomic E-state index is 0.718. The molecule has 1 aliphatic rings. The van der Waals surface area contributed by atoms with Gasteiger partial charge in [0.2, 0.25) is 0 Å². The second kappa shape index (κ2) is 20.0. The van der Waals surface area contributed by atoms with E-state index in [1.807, 2.05) is 0 Å². The van der Waals surface area contributed by atoms with E-state index >= 15 is 0 Å². The molecule has 0 saturated heterocycles. The van der Waals surface area contributed by atoms with Crippen LogP contribution in [0.25, 0.3) is 0 Å². The number of rotatable bonds is 21. The van der Waals surface area contributed by atoms with E-state index in [9.17, 15) is 0 Å². The molecule has 1 fully saturated rings. The third-order valence-corrected chi connectivity index (χ3v) is 6.42. The fourth-order valence-electron chi connectivity index (χ4n) is 4.43. The predicted molar refractivity (Wildman–Crippen MR) is 144 cm³/mol. The van der Waals surface area contributed by atoms with E-state index in [1.165, 1.54) is 43.2 Å². The summed E-state index contributed by atoms with van der Waals surface area (Å²) in [6, 6.07) is 6.76. The van der Waals surface area contributed by atoms with E-state index in [4.69, 9.17) is 16.2 Å². The van der Waals surface area contributed by atoms with Crippen molar-refractivity contribution in [2.75, 3.05) is 59.0 Å². The Kier molecular flexibility index (Phi) is 17.1. The lowest BCUT2D eigenvalue weighted by atomic mass is 9.90. The van der Waals surface area contributed by atoms with Crippen molar-refractivity contribution in [2.45, 2.75) is 70.9 Å². The van der Waals surface area contributed by atoms with Crippen LogP contribution in [-0.4, -0.2) is 59.0 Å². The molecule has 1 aromatic carbocycles. The van der Waals surface area contributed by atoms with Crippen LogP contribution in [-0.2, 0) is 13.1 Å². The number of nitrogens with two attached hydrogens (primary N) is 2. The Hall–Kier alpha value is -1.22. The first-order valence-corrected chi connectivity index (χ1v) is 13.8. The largest absolute Gasteiger partial charge is 0.493 e. The van der Waals surface area contributed by atoms with E-state index in [2.05, 4.69) is 39.5 Å². The zero-order chi connectivity index (χ0) is 24.1. The van der Waals surface area contributed by atoms with Gasteiger partial charge in [0.25, 0.3) is 0 Å². The molecule has 0 aliphatic heterocycles. The third-order valence-electron chi connectivity index (χ3n) is 6.42. The van der Waals surface area contributed by atoms with Crippen LogP contribution in [0.3, 0.4) is 0 Å². The minimum absolute atomic E-state index is 0.718. The SMILES string of the molecule is NCCCNCCCNCc1cc(CNCCCNCCCN)cc(OCC2CCCCC2)c1. The molecule has 0 aromatic heterocycles. The monoisotopic (exact) mass is 476 g/mol. The lowest BCUT2D eigenvalue weighted by Gasteiger charge is -2.22. The van der Waals surface area contributed by atoms with Gasteiger partial charge in [-0.05, 0) is 120 Å². The Bertz CT molecular complexity index is 571. The second-order valence-corrected chi connectivity index (χ2v) is 9.65. The van der Waals surface area contributed by atoms with Crippen LogP contribution in [0.15, 0.2) is 18.2 Å². The van der Waals surface area contributed by atoms with Crippen LogP contribution in [0, 0.1) is 5.92 Å². The molecule has 1 aliphatic carbocycles. The molecule has 2 rings (SSSR count). The summed E-state index contributed by atoms with van der Waals surface area (Å²) >= 11 is 0. The highest BCUT2D eigenvalue weighted by molar-refractivity contribution is 5.34. The molecule has 0 radical (unpaired) electrons. The van der Waals surface area contributed by atoms with Gasteiger partial charge in [0.05, 0.1) is 6.61 Å². The molecule has 34 heavy (non-hydrogen) atoms. The number of ether oxygens (including phenoxy) is 1. The van der Waals surface area contributed by atoms with Crippen LogP contribution in [0.5, 0.6) is 5.75 Å². The summed E-state index contributed by atoms with van der Waals surface area (Å²) in [7, 11) is 0. The van der Waals surface area contributed by atoms with E-state index in [1.54, 1.807) is 0 Å². The van der Waals surface area contributed by atoms with Crippen molar-refractivity contribution in [1.82, 2.24) is 21.3 Å². The van der Waals surface area contributed by atoms with Gasteiger partial charge in [0, 0.05) is 13.1 Å². The Morgan fingerprint density at radius 2 is 1.15 bits per heavy atom. The first kappa shape index (κ1) is 29.0. The van der Waals surface area contributed by atoms with Gasteiger partial charge >= 0.3 is 0 Å². The number of benzene rings is 1. The molecular weight excluding hydrogens is 424 g/mol. The topological polar surface area (TPSA) is 109 Å². The highest BCUT2D eigenvalue weighted by Gasteiger charge is 2.14. The van der Waals surface area contributed by atoms with Gasteiger partial charge in [0.1, 0.15) is 5.75 Å². The zero-order valence-electron chi connectivity index (χ0n) is 21.5. The smallest absolute Gasteiger partial charge is 0.119 e. The molecule has 0 heterocycles. The van der Waals surface area contributed by atoms with Gasteiger partial charge in [-0.15, -0.1) is 0 Å². The van der Waals surface area contributed by atoms with Crippen molar-refractivity contribution in [3.8, 4) is 5.75 Å². The molecule has 8 N–H and O–H groups in total. The van der Waals surface area contributed by atoms with Gasteiger partial charge in [0.15, 0.2) is 0 Å². The Labute approximate surface area is 208 Å². The molecule has 7 nitrogen and oxygen atoms in total. The molecule has 1 saturated carbocycles. The van der Waals surface area contributed by atoms with Crippen molar-refractivity contribution in [2.24, 2.45) is 17.4 Å². The maximum Gasteiger partial charge on any atom is 0.119 e. The van der Waals surface area contributed by atoms with Crippen molar-refractivity contribution in [1.29, 1.82) is 0 Å². The van der Waals surface area contributed by atoms with Gasteiger partial charge < -0.3 is 37.5 Å². The lowest BCUT2D eigenvalue weighted by molar-refractivity contribution is 0.208. The average Bonchev–Trinajstić information content (AvgIpc) is 2.86. The Morgan fingerprint density at radius 1 is 0.647 bits per heavy atom. The quantitative estimate of drug-likeness (QED) is 0.151. The van der Waals surface area contributed by atoms with Gasteiger partial charge in [-0.3, -0.25) is 0 Å². The summed E-state index contributed by atoms with van der Waals surface area (Å²) in [4.78, 5) is 0. The average molecular weight is 477 g/mol. The zero-order valence-corrected chi connectivity index (χ0v) is 21.5. The van der Waals surface area contributed by atoms with E-state index < -0.39 is 0 Å². The van der Waals surface area contributed by atoms with Crippen molar-refractivity contribution < 1.29 is 4.74 Å². The molecule has 0 spiro atoms. The highest BCUT2D eigenvalue weighted by atomic mass is 16.5. The van der Waals surface area contributed by atoms with Gasteiger partial charge in [-0.2, -0.15) is 0 Å². The summed E-state index contributed by atoms with van der Waals surface area (Å²) in [6.07, 6.45) is 11.1. The van der Waals surface area contributed by atoms with Gasteiger partial charge in [-0.1, -0.05) is 25.3 Å². The fourth-order valence-corrected chi connectivity index (χ4v) is 4.43. The second-order valence-electron chi connectivity index (χ2n) is 9.65. The molecule has 0 atom stereocenters. The van der Waals surface area contributed by atoms with Crippen LogP contribution in [0.1, 0.15) is 68.9 Å². The van der Waals surface area contributed by atoms with Crippen molar-refractivity contribution in [3.63, 3.8) is 0 Å². The highest BCUT2D eigenvalue weighted by Crippen LogP contribution is 2.25. The van der Waals surface area contributed by atoms with E-state index in [0.717, 1.165) is 109 Å². The molecule has 0 amide bonds. The summed E-state index contributed by atoms with van der Waals surface area (Å²) in [5.74, 6) is 1.74. The first-order chi connectivity index (χ1) is 16.8. The molecule has 0 bridgehead atoms. The van der Waals surface area contributed by atoms with Crippen molar-refractivity contribution in [3.05, 3.63) is 29.3 Å². The maximum atomic E-state index is 6.30. The lowest BCUT2D eigenvalue weighted by Crippen LogP contribution is -2.24. The van der Waals surface area contributed by atoms with E-state index in [0.29, 0.717) is 0 Å². The summed E-state index contributed by atoms with van der Waals surface area (Å²) < 4.78 is 6.30. The molecular formula is C27H52N6O. The Morgan fingerprint density at radius 3 is 1.68 bits per heavy atom. The molecule has 196 valence electrons. The number of hydrogen-bond acceptors (Lipinski definition) is 7. The van der Waals surface area contributed by atoms with E-state index in [-0.39, 0.29) is 0 Å². The fraction of sp³-hybridized carbons (Fsp3) is 0.778. The van der Waals surface area contributed by atoms with Gasteiger partial charge in [-0.25, -0.2) is 0 Å².